The van der Waals surface area contributed by atoms with Gasteiger partial charge in [0.2, 0.25) is 5.78 Å². The van der Waals surface area contributed by atoms with Crippen molar-refractivity contribution >= 4 is 41.4 Å². The van der Waals surface area contributed by atoms with Crippen LogP contribution in [0.15, 0.2) is 60.7 Å². The fourth-order valence-corrected chi connectivity index (χ4v) is 2.91. The van der Waals surface area contributed by atoms with Gasteiger partial charge in [-0.1, -0.05) is 79.7 Å². The van der Waals surface area contributed by atoms with E-state index in [1.165, 1.54) is 11.1 Å². The molecule has 1 atom stereocenters. The van der Waals surface area contributed by atoms with Crippen LogP contribution < -0.4 is 5.73 Å². The second-order valence-electron chi connectivity index (χ2n) is 6.12. The van der Waals surface area contributed by atoms with Crippen molar-refractivity contribution in [2.75, 3.05) is 11.5 Å². The number of benzene rings is 2. The SMILES string of the molecule is C(=Cc1ccccc1)c1ccccc1.CCSCC[C@H](N)C(=O)CC(=O)C(=O)O. The maximum atomic E-state index is 11.2. The number of thioether (sulfide) groups is 1. The van der Waals surface area contributed by atoms with Crippen molar-refractivity contribution < 1.29 is 19.5 Å². The number of hydrogen-bond donors (Lipinski definition) is 2. The zero-order valence-corrected chi connectivity index (χ0v) is 17.3. The van der Waals surface area contributed by atoms with Crippen molar-refractivity contribution in [2.45, 2.75) is 25.8 Å². The second-order valence-corrected chi connectivity index (χ2v) is 7.51. The molecule has 0 heterocycles. The summed E-state index contributed by atoms with van der Waals surface area (Å²) in [6.45, 7) is 1.99. The average Bonchev–Trinajstić information content (AvgIpc) is 2.74. The number of ketones is 2. The van der Waals surface area contributed by atoms with Crippen LogP contribution in [0.1, 0.15) is 30.9 Å². The summed E-state index contributed by atoms with van der Waals surface area (Å²) in [5, 5.41) is 8.28. The van der Waals surface area contributed by atoms with Gasteiger partial charge in [0.1, 0.15) is 0 Å². The molecule has 0 radical (unpaired) electrons. The third-order valence-corrected chi connectivity index (χ3v) is 4.76. The van der Waals surface area contributed by atoms with Gasteiger partial charge in [0, 0.05) is 0 Å². The van der Waals surface area contributed by atoms with E-state index < -0.39 is 30.0 Å². The van der Waals surface area contributed by atoms with Crippen LogP contribution in [0.5, 0.6) is 0 Å². The Balaban J connectivity index is 0.000000290. The van der Waals surface area contributed by atoms with E-state index in [2.05, 4.69) is 36.4 Å². The van der Waals surface area contributed by atoms with Crippen LogP contribution in [0.4, 0.5) is 0 Å². The van der Waals surface area contributed by atoms with Crippen molar-refractivity contribution in [2.24, 2.45) is 5.73 Å². The van der Waals surface area contributed by atoms with Crippen molar-refractivity contribution in [1.82, 2.24) is 0 Å². The predicted molar refractivity (Wildman–Crippen MR) is 120 cm³/mol. The van der Waals surface area contributed by atoms with Gasteiger partial charge in [0.15, 0.2) is 5.78 Å². The number of carbonyl (C=O) groups is 3. The molecular formula is C23H27NO4S. The van der Waals surface area contributed by atoms with Gasteiger partial charge in [-0.3, -0.25) is 9.59 Å². The molecule has 0 aromatic heterocycles. The molecule has 5 nitrogen and oxygen atoms in total. The average molecular weight is 414 g/mol. The Labute approximate surface area is 176 Å². The van der Waals surface area contributed by atoms with Gasteiger partial charge in [-0.25, -0.2) is 4.79 Å². The number of hydrogen-bond acceptors (Lipinski definition) is 5. The highest BCUT2D eigenvalue weighted by atomic mass is 32.2. The van der Waals surface area contributed by atoms with Crippen LogP contribution in [0, 0.1) is 0 Å². The van der Waals surface area contributed by atoms with Crippen LogP contribution in [0.25, 0.3) is 12.2 Å². The molecule has 29 heavy (non-hydrogen) atoms. The van der Waals surface area contributed by atoms with Crippen LogP contribution in [-0.2, 0) is 14.4 Å². The minimum absolute atomic E-state index is 0.476. The summed E-state index contributed by atoms with van der Waals surface area (Å²) in [5.74, 6) is -1.50. The van der Waals surface area contributed by atoms with E-state index in [4.69, 9.17) is 10.8 Å². The molecule has 2 aromatic carbocycles. The Hall–Kier alpha value is -2.70. The largest absolute Gasteiger partial charge is 0.475 e. The lowest BCUT2D eigenvalue weighted by Gasteiger charge is -2.08. The Bertz CT molecular complexity index is 750. The summed E-state index contributed by atoms with van der Waals surface area (Å²) >= 11 is 1.65. The highest BCUT2D eigenvalue weighted by Gasteiger charge is 2.20. The molecule has 3 N–H and O–H groups in total. The third kappa shape index (κ3) is 11.0. The first kappa shape index (κ1) is 24.3. The molecule has 2 rings (SSSR count). The van der Waals surface area contributed by atoms with Gasteiger partial charge in [-0.15, -0.1) is 0 Å². The van der Waals surface area contributed by atoms with Crippen molar-refractivity contribution in [3.8, 4) is 0 Å². The summed E-state index contributed by atoms with van der Waals surface area (Å²) in [6, 6.07) is 19.9. The lowest BCUT2D eigenvalue weighted by Crippen LogP contribution is -2.33. The van der Waals surface area contributed by atoms with E-state index in [9.17, 15) is 14.4 Å². The van der Waals surface area contributed by atoms with Crippen molar-refractivity contribution in [3.63, 3.8) is 0 Å². The van der Waals surface area contributed by atoms with Crippen LogP contribution in [0.3, 0.4) is 0 Å². The number of carbonyl (C=O) groups excluding carboxylic acids is 2. The fraction of sp³-hybridized carbons (Fsp3) is 0.261. The molecule has 0 aliphatic carbocycles. The summed E-state index contributed by atoms with van der Waals surface area (Å²) in [4.78, 5) is 32.1. The van der Waals surface area contributed by atoms with Gasteiger partial charge < -0.3 is 10.8 Å². The molecule has 0 aliphatic rings. The Morgan fingerprint density at radius 1 is 0.966 bits per heavy atom. The molecule has 0 spiro atoms. The normalized spacial score (nSPS) is 11.4. The van der Waals surface area contributed by atoms with Crippen molar-refractivity contribution in [3.05, 3.63) is 71.8 Å². The quantitative estimate of drug-likeness (QED) is 0.265. The third-order valence-electron chi connectivity index (χ3n) is 3.83. The molecule has 0 unspecified atom stereocenters. The summed E-state index contributed by atoms with van der Waals surface area (Å²) in [5.41, 5.74) is 7.96. The van der Waals surface area contributed by atoms with Crippen LogP contribution in [0.2, 0.25) is 0 Å². The highest BCUT2D eigenvalue weighted by molar-refractivity contribution is 7.99. The molecule has 2 aromatic rings. The molecule has 0 aliphatic heterocycles. The minimum Gasteiger partial charge on any atom is -0.475 e. The number of carboxylic acids is 1. The predicted octanol–water partition coefficient (Wildman–Crippen LogP) is 3.93. The summed E-state index contributed by atoms with van der Waals surface area (Å²) in [7, 11) is 0. The van der Waals surface area contributed by atoms with Crippen LogP contribution in [-0.4, -0.2) is 40.2 Å². The van der Waals surface area contributed by atoms with E-state index >= 15 is 0 Å². The van der Waals surface area contributed by atoms with Gasteiger partial charge in [0.05, 0.1) is 12.5 Å². The molecular weight excluding hydrogens is 386 g/mol. The van der Waals surface area contributed by atoms with E-state index in [1.807, 2.05) is 43.3 Å². The highest BCUT2D eigenvalue weighted by Crippen LogP contribution is 2.07. The number of Topliss-reactive ketones (excluding diaryl/α,β-unsaturated/α-hetero) is 2. The summed E-state index contributed by atoms with van der Waals surface area (Å²) < 4.78 is 0. The van der Waals surface area contributed by atoms with E-state index in [0.717, 1.165) is 11.5 Å². The number of rotatable bonds is 10. The summed E-state index contributed by atoms with van der Waals surface area (Å²) in [6.07, 6.45) is 4.11. The zero-order valence-electron chi connectivity index (χ0n) is 16.5. The first-order valence-electron chi connectivity index (χ1n) is 9.34. The first-order chi connectivity index (χ1) is 13.9. The van der Waals surface area contributed by atoms with Crippen molar-refractivity contribution in [1.29, 1.82) is 0 Å². The molecule has 0 fully saturated rings. The monoisotopic (exact) mass is 413 g/mol. The Kier molecular flexibility index (Phi) is 12.0. The first-order valence-corrected chi connectivity index (χ1v) is 10.5. The standard InChI is InChI=1S/C14H12.C9H15NO4S/c1-3-7-13(8-4-1)11-12-14-9-5-2-6-10-14;1-2-15-4-3-6(10)7(11)5-8(12)9(13)14/h1-12H;6H,2-5,10H2,1H3,(H,13,14)/t;6-/m.0/s1. The zero-order chi connectivity index (χ0) is 21.5. The fourth-order valence-electron chi connectivity index (χ4n) is 2.20. The Morgan fingerprint density at radius 3 is 1.86 bits per heavy atom. The van der Waals surface area contributed by atoms with E-state index in [-0.39, 0.29) is 0 Å². The molecule has 0 bridgehead atoms. The van der Waals surface area contributed by atoms with Gasteiger partial charge in [0.25, 0.3) is 0 Å². The van der Waals surface area contributed by atoms with Gasteiger partial charge in [-0.2, -0.15) is 11.8 Å². The minimum atomic E-state index is -1.58. The maximum absolute atomic E-state index is 11.2. The number of carboxylic acid groups (broad SMARTS) is 1. The molecule has 6 heteroatoms. The topological polar surface area (TPSA) is 97.5 Å². The second kappa shape index (κ2) is 14.3. The van der Waals surface area contributed by atoms with E-state index in [1.54, 1.807) is 11.8 Å². The molecule has 154 valence electrons. The smallest absolute Gasteiger partial charge is 0.372 e. The lowest BCUT2D eigenvalue weighted by atomic mass is 10.1. The molecule has 0 saturated heterocycles. The van der Waals surface area contributed by atoms with Crippen LogP contribution >= 0.6 is 11.8 Å². The lowest BCUT2D eigenvalue weighted by molar-refractivity contribution is -0.150. The number of nitrogens with two attached hydrogens (primary N) is 1. The molecule has 0 saturated carbocycles. The van der Waals surface area contributed by atoms with E-state index in [0.29, 0.717) is 6.42 Å². The molecule has 0 amide bonds. The maximum Gasteiger partial charge on any atom is 0.372 e. The number of aliphatic carboxylic acids is 1. The van der Waals surface area contributed by atoms with Gasteiger partial charge >= 0.3 is 5.97 Å². The Morgan fingerprint density at radius 2 is 1.45 bits per heavy atom. The van der Waals surface area contributed by atoms with Gasteiger partial charge in [-0.05, 0) is 29.1 Å².